The topological polar surface area (TPSA) is 25.8 Å². The Balaban J connectivity index is 2.70. The molecular formula is C9H8Cl2N2S. The lowest BCUT2D eigenvalue weighted by atomic mass is 10.2. The molecule has 5 heteroatoms. The fourth-order valence-corrected chi connectivity index (χ4v) is 2.66. The van der Waals surface area contributed by atoms with Crippen molar-refractivity contribution in [1.29, 1.82) is 0 Å². The van der Waals surface area contributed by atoms with Crippen LogP contribution in [0.3, 0.4) is 0 Å². The van der Waals surface area contributed by atoms with E-state index in [2.05, 4.69) is 23.8 Å². The fraction of sp³-hybridized carbons (Fsp3) is 0.333. The second-order valence-electron chi connectivity index (χ2n) is 3.30. The van der Waals surface area contributed by atoms with Crippen molar-refractivity contribution in [2.75, 3.05) is 0 Å². The van der Waals surface area contributed by atoms with Crippen LogP contribution in [0.25, 0.3) is 10.2 Å². The third-order valence-electron chi connectivity index (χ3n) is 1.89. The lowest BCUT2D eigenvalue weighted by molar-refractivity contribution is 0.890. The van der Waals surface area contributed by atoms with Gasteiger partial charge in [-0.3, -0.25) is 0 Å². The van der Waals surface area contributed by atoms with Gasteiger partial charge in [-0.25, -0.2) is 9.97 Å². The zero-order valence-electron chi connectivity index (χ0n) is 7.71. The van der Waals surface area contributed by atoms with Gasteiger partial charge < -0.3 is 0 Å². The van der Waals surface area contributed by atoms with Crippen LogP contribution in [0.1, 0.15) is 24.6 Å². The van der Waals surface area contributed by atoms with E-state index >= 15 is 0 Å². The van der Waals surface area contributed by atoms with Crippen LogP contribution in [-0.4, -0.2) is 9.97 Å². The highest BCUT2D eigenvalue weighted by atomic mass is 35.5. The molecule has 0 atom stereocenters. The van der Waals surface area contributed by atoms with Gasteiger partial charge in [-0.1, -0.05) is 25.4 Å². The van der Waals surface area contributed by atoms with Crippen molar-refractivity contribution >= 4 is 44.8 Å². The van der Waals surface area contributed by atoms with Crippen molar-refractivity contribution in [2.45, 2.75) is 19.8 Å². The van der Waals surface area contributed by atoms with Crippen LogP contribution in [-0.2, 0) is 0 Å². The Bertz CT molecular complexity index is 479. The molecule has 0 saturated heterocycles. The van der Waals surface area contributed by atoms with E-state index in [0.29, 0.717) is 11.1 Å². The SMILES string of the molecule is CC(C)c1cc2nc(Cl)nc(Cl)c2s1. The van der Waals surface area contributed by atoms with Crippen LogP contribution >= 0.6 is 34.5 Å². The predicted molar refractivity (Wildman–Crippen MR) is 61.5 cm³/mol. The van der Waals surface area contributed by atoms with Gasteiger partial charge >= 0.3 is 0 Å². The van der Waals surface area contributed by atoms with Crippen molar-refractivity contribution in [3.05, 3.63) is 21.4 Å². The Morgan fingerprint density at radius 1 is 1.29 bits per heavy atom. The van der Waals surface area contributed by atoms with E-state index in [1.165, 1.54) is 4.88 Å². The predicted octanol–water partition coefficient (Wildman–Crippen LogP) is 4.12. The summed E-state index contributed by atoms with van der Waals surface area (Å²) in [6, 6.07) is 2.02. The smallest absolute Gasteiger partial charge is 0.217 e. The summed E-state index contributed by atoms with van der Waals surface area (Å²) in [5, 5.41) is 0.646. The standard InChI is InChI=1S/C9H8Cl2N2S/c1-4(2)6-3-5-7(14-6)8(10)13-9(11)12-5/h3-4H,1-2H3. The first-order valence-corrected chi connectivity index (χ1v) is 5.77. The number of hydrogen-bond donors (Lipinski definition) is 0. The zero-order chi connectivity index (χ0) is 10.3. The molecule has 0 amide bonds. The third-order valence-corrected chi connectivity index (χ3v) is 3.88. The molecule has 0 aliphatic rings. The number of aromatic nitrogens is 2. The molecule has 0 aromatic carbocycles. The van der Waals surface area contributed by atoms with Crippen molar-refractivity contribution in [2.24, 2.45) is 0 Å². The number of nitrogens with zero attached hydrogens (tertiary/aromatic N) is 2. The number of halogens is 2. The molecule has 0 unspecified atom stereocenters. The summed E-state index contributed by atoms with van der Waals surface area (Å²) in [6.07, 6.45) is 0. The van der Waals surface area contributed by atoms with Crippen molar-refractivity contribution in [3.63, 3.8) is 0 Å². The molecule has 0 fully saturated rings. The number of thiophene rings is 1. The molecular weight excluding hydrogens is 239 g/mol. The second kappa shape index (κ2) is 3.65. The molecule has 0 N–H and O–H groups in total. The van der Waals surface area contributed by atoms with Gasteiger partial charge in [0.05, 0.1) is 10.2 Å². The van der Waals surface area contributed by atoms with E-state index in [1.807, 2.05) is 6.07 Å². The molecule has 2 rings (SSSR count). The molecule has 0 spiro atoms. The van der Waals surface area contributed by atoms with Gasteiger partial charge in [0.1, 0.15) is 0 Å². The molecule has 2 aromatic heterocycles. The molecule has 0 aliphatic heterocycles. The van der Waals surface area contributed by atoms with E-state index in [0.717, 1.165) is 10.2 Å². The fourth-order valence-electron chi connectivity index (χ4n) is 1.17. The summed E-state index contributed by atoms with van der Waals surface area (Å²) >= 11 is 13.3. The third kappa shape index (κ3) is 1.72. The lowest BCUT2D eigenvalue weighted by Gasteiger charge is -1.95. The van der Waals surface area contributed by atoms with Crippen molar-refractivity contribution < 1.29 is 0 Å². The highest BCUT2D eigenvalue weighted by molar-refractivity contribution is 7.19. The Hall–Kier alpha value is -0.380. The number of rotatable bonds is 1. The highest BCUT2D eigenvalue weighted by Gasteiger charge is 2.11. The van der Waals surface area contributed by atoms with E-state index in [4.69, 9.17) is 23.2 Å². The van der Waals surface area contributed by atoms with Gasteiger partial charge in [-0.15, -0.1) is 11.3 Å². The Morgan fingerprint density at radius 3 is 2.64 bits per heavy atom. The quantitative estimate of drug-likeness (QED) is 0.559. The maximum Gasteiger partial charge on any atom is 0.224 e. The number of fused-ring (bicyclic) bond motifs is 1. The Kier molecular flexibility index (Phi) is 2.64. The van der Waals surface area contributed by atoms with Gasteiger partial charge in [0, 0.05) is 4.88 Å². The molecule has 2 heterocycles. The van der Waals surface area contributed by atoms with Gasteiger partial charge in [0.15, 0.2) is 5.15 Å². The van der Waals surface area contributed by atoms with Crippen LogP contribution in [0, 0.1) is 0 Å². The monoisotopic (exact) mass is 246 g/mol. The molecule has 2 nitrogen and oxygen atoms in total. The lowest BCUT2D eigenvalue weighted by Crippen LogP contribution is -1.81. The molecule has 0 aliphatic carbocycles. The van der Waals surface area contributed by atoms with Crippen LogP contribution in [0.5, 0.6) is 0 Å². The van der Waals surface area contributed by atoms with Crippen LogP contribution < -0.4 is 0 Å². The molecule has 2 aromatic rings. The summed E-state index contributed by atoms with van der Waals surface area (Å²) in [5.41, 5.74) is 0.837. The average Bonchev–Trinajstić information content (AvgIpc) is 2.47. The van der Waals surface area contributed by atoms with Crippen molar-refractivity contribution in [3.8, 4) is 0 Å². The summed E-state index contributed by atoms with van der Waals surface area (Å²) in [5.74, 6) is 0.476. The summed E-state index contributed by atoms with van der Waals surface area (Å²) in [6.45, 7) is 4.27. The summed E-state index contributed by atoms with van der Waals surface area (Å²) in [4.78, 5) is 9.27. The van der Waals surface area contributed by atoms with E-state index in [1.54, 1.807) is 11.3 Å². The Labute approximate surface area is 95.9 Å². The molecule has 0 radical (unpaired) electrons. The first kappa shape index (κ1) is 10.1. The van der Waals surface area contributed by atoms with Crippen molar-refractivity contribution in [1.82, 2.24) is 9.97 Å². The average molecular weight is 247 g/mol. The first-order chi connectivity index (χ1) is 6.58. The number of hydrogen-bond acceptors (Lipinski definition) is 3. The minimum Gasteiger partial charge on any atom is -0.217 e. The zero-order valence-corrected chi connectivity index (χ0v) is 10.0. The first-order valence-electron chi connectivity index (χ1n) is 4.20. The highest BCUT2D eigenvalue weighted by Crippen LogP contribution is 2.33. The maximum atomic E-state index is 5.96. The maximum absolute atomic E-state index is 5.96. The summed E-state index contributed by atoms with van der Waals surface area (Å²) in [7, 11) is 0. The second-order valence-corrected chi connectivity index (χ2v) is 5.08. The van der Waals surface area contributed by atoms with Gasteiger partial charge in [-0.2, -0.15) is 0 Å². The van der Waals surface area contributed by atoms with Gasteiger partial charge in [-0.05, 0) is 23.6 Å². The Morgan fingerprint density at radius 2 is 2.00 bits per heavy atom. The largest absolute Gasteiger partial charge is 0.224 e. The summed E-state index contributed by atoms with van der Waals surface area (Å²) < 4.78 is 0.916. The van der Waals surface area contributed by atoms with Crippen LogP contribution in [0.15, 0.2) is 6.07 Å². The minimum absolute atomic E-state index is 0.204. The molecule has 0 bridgehead atoms. The minimum atomic E-state index is 0.204. The molecule has 74 valence electrons. The van der Waals surface area contributed by atoms with Gasteiger partial charge in [0.2, 0.25) is 5.28 Å². The van der Waals surface area contributed by atoms with E-state index in [9.17, 15) is 0 Å². The molecule has 14 heavy (non-hydrogen) atoms. The molecule has 0 saturated carbocycles. The van der Waals surface area contributed by atoms with Gasteiger partial charge in [0.25, 0.3) is 0 Å². The van der Waals surface area contributed by atoms with Crippen LogP contribution in [0.4, 0.5) is 0 Å². The van der Waals surface area contributed by atoms with E-state index < -0.39 is 0 Å². The normalized spacial score (nSPS) is 11.5. The van der Waals surface area contributed by atoms with E-state index in [-0.39, 0.29) is 5.28 Å². The van der Waals surface area contributed by atoms with Crippen LogP contribution in [0.2, 0.25) is 10.4 Å².